The number of anilines is 1. The molecule has 0 saturated heterocycles. The van der Waals surface area contributed by atoms with Gasteiger partial charge in [-0.3, -0.25) is 14.2 Å². The lowest BCUT2D eigenvalue weighted by Crippen LogP contribution is -2.26. The third-order valence-corrected chi connectivity index (χ3v) is 7.00. The number of thioether (sulfide) groups is 2. The third kappa shape index (κ3) is 4.63. The lowest BCUT2D eigenvalue weighted by molar-refractivity contribution is -0.113. The van der Waals surface area contributed by atoms with Gasteiger partial charge in [-0.05, 0) is 31.0 Å². The van der Waals surface area contributed by atoms with Crippen LogP contribution in [-0.4, -0.2) is 27.0 Å². The van der Waals surface area contributed by atoms with Crippen LogP contribution < -0.4 is 10.9 Å². The minimum Gasteiger partial charge on any atom is -0.325 e. The van der Waals surface area contributed by atoms with E-state index in [1.165, 1.54) is 11.8 Å². The quantitative estimate of drug-likeness (QED) is 0.460. The summed E-state index contributed by atoms with van der Waals surface area (Å²) in [5, 5.41) is 3.56. The van der Waals surface area contributed by atoms with Crippen molar-refractivity contribution in [2.45, 2.75) is 36.9 Å². The molecule has 1 N–H and O–H groups in total. The van der Waals surface area contributed by atoms with Gasteiger partial charge in [0.2, 0.25) is 5.91 Å². The molecule has 1 amide bonds. The Morgan fingerprint density at radius 3 is 2.77 bits per heavy atom. The van der Waals surface area contributed by atoms with Crippen molar-refractivity contribution in [2.75, 3.05) is 16.8 Å². The van der Waals surface area contributed by atoms with E-state index in [9.17, 15) is 9.59 Å². The molecule has 0 saturated carbocycles. The molecule has 7 heteroatoms. The topological polar surface area (TPSA) is 64.0 Å². The number of hydrogen-bond acceptors (Lipinski definition) is 5. The molecule has 0 atom stereocenters. The average Bonchev–Trinajstić information content (AvgIpc) is 3.20. The Balaban J connectivity index is 1.55. The highest BCUT2D eigenvalue weighted by Gasteiger charge is 2.22. The first-order chi connectivity index (χ1) is 14.5. The van der Waals surface area contributed by atoms with Crippen LogP contribution in [0.2, 0.25) is 0 Å². The number of nitrogens with zero attached hydrogens (tertiary/aromatic N) is 2. The number of aromatic nitrogens is 2. The van der Waals surface area contributed by atoms with Crippen molar-refractivity contribution < 1.29 is 4.79 Å². The molecule has 1 aliphatic heterocycles. The second-order valence-electron chi connectivity index (χ2n) is 7.30. The third-order valence-electron chi connectivity index (χ3n) is 4.92. The van der Waals surface area contributed by atoms with E-state index in [1.807, 2.05) is 62.4 Å². The molecule has 30 heavy (non-hydrogen) atoms. The fourth-order valence-corrected chi connectivity index (χ4v) is 5.27. The zero-order chi connectivity index (χ0) is 21.1. The van der Waals surface area contributed by atoms with Crippen LogP contribution in [0.25, 0.3) is 0 Å². The van der Waals surface area contributed by atoms with Crippen molar-refractivity contribution in [1.29, 1.82) is 0 Å². The number of fused-ring (bicyclic) bond motifs is 1. The number of hydrogen-bond donors (Lipinski definition) is 1. The van der Waals surface area contributed by atoms with Gasteiger partial charge in [0.25, 0.3) is 5.56 Å². The summed E-state index contributed by atoms with van der Waals surface area (Å²) < 4.78 is 1.70. The zero-order valence-corrected chi connectivity index (χ0v) is 18.6. The summed E-state index contributed by atoms with van der Waals surface area (Å²) in [6.45, 7) is 4.45. The van der Waals surface area contributed by atoms with Gasteiger partial charge in [-0.2, -0.15) is 0 Å². The molecule has 0 spiro atoms. The van der Waals surface area contributed by atoms with Crippen molar-refractivity contribution in [3.05, 3.63) is 81.3 Å². The van der Waals surface area contributed by atoms with Gasteiger partial charge in [-0.1, -0.05) is 59.8 Å². The summed E-state index contributed by atoms with van der Waals surface area (Å²) in [6.07, 6.45) is 0.795. The summed E-state index contributed by atoms with van der Waals surface area (Å²) >= 11 is 2.89. The molecular weight excluding hydrogens is 414 g/mol. The maximum absolute atomic E-state index is 13.1. The summed E-state index contributed by atoms with van der Waals surface area (Å²) in [5.74, 6) is 0.965. The van der Waals surface area contributed by atoms with Crippen LogP contribution in [0.5, 0.6) is 0 Å². The van der Waals surface area contributed by atoms with Gasteiger partial charge in [0, 0.05) is 17.9 Å². The fraction of sp³-hybridized carbons (Fsp3) is 0.261. The summed E-state index contributed by atoms with van der Waals surface area (Å²) in [6, 6.07) is 15.8. The van der Waals surface area contributed by atoms with E-state index in [2.05, 4.69) is 5.32 Å². The maximum atomic E-state index is 13.1. The van der Waals surface area contributed by atoms with Crippen LogP contribution in [-0.2, 0) is 17.8 Å². The molecule has 0 unspecified atom stereocenters. The minimum absolute atomic E-state index is 0.0105. The second kappa shape index (κ2) is 9.10. The summed E-state index contributed by atoms with van der Waals surface area (Å²) in [4.78, 5) is 31.1. The van der Waals surface area contributed by atoms with E-state index in [0.717, 1.165) is 45.1 Å². The normalized spacial score (nSPS) is 12.6. The molecule has 0 fully saturated rings. The molecule has 0 radical (unpaired) electrons. The van der Waals surface area contributed by atoms with E-state index in [4.69, 9.17) is 4.98 Å². The number of amides is 1. The molecule has 2 aromatic carbocycles. The van der Waals surface area contributed by atoms with Crippen molar-refractivity contribution >= 4 is 35.1 Å². The predicted molar refractivity (Wildman–Crippen MR) is 124 cm³/mol. The Bertz CT molecular complexity index is 1140. The molecule has 3 aromatic rings. The number of rotatable bonds is 6. The molecule has 0 aliphatic carbocycles. The number of carbonyl (C=O) groups excluding carboxylic acids is 1. The van der Waals surface area contributed by atoms with Crippen molar-refractivity contribution in [2.24, 2.45) is 0 Å². The highest BCUT2D eigenvalue weighted by molar-refractivity contribution is 8.00. The average molecular weight is 438 g/mol. The van der Waals surface area contributed by atoms with E-state index in [1.54, 1.807) is 16.3 Å². The lowest BCUT2D eigenvalue weighted by Gasteiger charge is -2.14. The van der Waals surface area contributed by atoms with Crippen molar-refractivity contribution in [3.8, 4) is 0 Å². The van der Waals surface area contributed by atoms with E-state index < -0.39 is 0 Å². The van der Waals surface area contributed by atoms with Gasteiger partial charge in [0.05, 0.1) is 22.9 Å². The van der Waals surface area contributed by atoms with Crippen molar-refractivity contribution in [1.82, 2.24) is 9.55 Å². The first kappa shape index (κ1) is 20.8. The molecular formula is C23H23N3O2S2. The standard InChI is InChI=1S/C23H23N3O2S2/c1-15-8-9-18(16(2)12-15)24-20(27)14-30-23-25-19-10-11-29-21(19)22(28)26(23)13-17-6-4-3-5-7-17/h3-9,12H,10-11,13-14H2,1-2H3,(H,24,27). The molecule has 2 heterocycles. The van der Waals surface area contributed by atoms with Crippen LogP contribution in [0.4, 0.5) is 5.69 Å². The molecule has 0 bridgehead atoms. The molecule has 5 nitrogen and oxygen atoms in total. The Labute approximate surface area is 184 Å². The van der Waals surface area contributed by atoms with Crippen LogP contribution in [0.15, 0.2) is 63.4 Å². The van der Waals surface area contributed by atoms with Gasteiger partial charge in [0.15, 0.2) is 5.16 Å². The van der Waals surface area contributed by atoms with Gasteiger partial charge in [-0.25, -0.2) is 4.98 Å². The largest absolute Gasteiger partial charge is 0.325 e. The molecule has 1 aliphatic rings. The van der Waals surface area contributed by atoms with Crippen LogP contribution in [0.1, 0.15) is 22.4 Å². The van der Waals surface area contributed by atoms with Crippen LogP contribution in [0, 0.1) is 13.8 Å². The highest BCUT2D eigenvalue weighted by atomic mass is 32.2. The first-order valence-corrected chi connectivity index (χ1v) is 11.8. The number of carbonyl (C=O) groups is 1. The Kier molecular flexibility index (Phi) is 6.29. The molecule has 154 valence electrons. The van der Waals surface area contributed by atoms with E-state index in [0.29, 0.717) is 11.7 Å². The summed E-state index contributed by atoms with van der Waals surface area (Å²) in [7, 11) is 0. The van der Waals surface area contributed by atoms with Gasteiger partial charge in [0.1, 0.15) is 0 Å². The second-order valence-corrected chi connectivity index (χ2v) is 9.35. The van der Waals surface area contributed by atoms with Crippen LogP contribution >= 0.6 is 23.5 Å². The highest BCUT2D eigenvalue weighted by Crippen LogP contribution is 2.29. The van der Waals surface area contributed by atoms with Gasteiger partial charge in [-0.15, -0.1) is 11.8 Å². The number of benzene rings is 2. The van der Waals surface area contributed by atoms with E-state index >= 15 is 0 Å². The Hall–Kier alpha value is -2.51. The van der Waals surface area contributed by atoms with E-state index in [-0.39, 0.29) is 17.2 Å². The monoisotopic (exact) mass is 437 g/mol. The number of aryl methyl sites for hydroxylation is 3. The maximum Gasteiger partial charge on any atom is 0.268 e. The minimum atomic E-state index is -0.109. The zero-order valence-electron chi connectivity index (χ0n) is 17.0. The SMILES string of the molecule is Cc1ccc(NC(=O)CSc2nc3c(c(=O)n2Cc2ccccc2)SCC3)c(C)c1. The summed E-state index contributed by atoms with van der Waals surface area (Å²) in [5.41, 5.74) is 4.87. The lowest BCUT2D eigenvalue weighted by atomic mass is 10.1. The Morgan fingerprint density at radius 1 is 1.20 bits per heavy atom. The van der Waals surface area contributed by atoms with Crippen LogP contribution in [0.3, 0.4) is 0 Å². The first-order valence-electron chi connectivity index (χ1n) is 9.81. The predicted octanol–water partition coefficient (Wildman–Crippen LogP) is 4.29. The van der Waals surface area contributed by atoms with Gasteiger partial charge < -0.3 is 5.32 Å². The smallest absolute Gasteiger partial charge is 0.268 e. The van der Waals surface area contributed by atoms with Crippen molar-refractivity contribution in [3.63, 3.8) is 0 Å². The number of nitrogens with one attached hydrogen (secondary N) is 1. The molecule has 4 rings (SSSR count). The van der Waals surface area contributed by atoms with Gasteiger partial charge >= 0.3 is 0 Å². The fourth-order valence-electron chi connectivity index (χ4n) is 3.41. The molecule has 1 aromatic heterocycles. The Morgan fingerprint density at radius 2 is 2.00 bits per heavy atom.